The summed E-state index contributed by atoms with van der Waals surface area (Å²) in [5.41, 5.74) is 5.81. The van der Waals surface area contributed by atoms with E-state index in [0.29, 0.717) is 23.5 Å². The van der Waals surface area contributed by atoms with Crippen LogP contribution in [0.3, 0.4) is 0 Å². The van der Waals surface area contributed by atoms with Crippen molar-refractivity contribution in [1.82, 2.24) is 4.57 Å². The van der Waals surface area contributed by atoms with Gasteiger partial charge in [0.2, 0.25) is 0 Å². The molecule has 7 heteroatoms. The molecule has 3 N–H and O–H groups in total. The van der Waals surface area contributed by atoms with Crippen LogP contribution < -0.4 is 10.9 Å². The second kappa shape index (κ2) is 6.61. The number of anilines is 1. The van der Waals surface area contributed by atoms with Crippen molar-refractivity contribution >= 4 is 17.0 Å². The molecule has 0 spiro atoms. The lowest BCUT2D eigenvalue weighted by molar-refractivity contribution is -0.130. The summed E-state index contributed by atoms with van der Waals surface area (Å²) in [6.45, 7) is 4.96. The molecular formula is C24H25FN2O4. The number of aromatic nitrogens is 1. The number of carbonyl (C=O) groups excluding carboxylic acids is 1. The Labute approximate surface area is 179 Å². The third-order valence-electron chi connectivity index (χ3n) is 7.33. The Morgan fingerprint density at radius 3 is 2.74 bits per heavy atom. The number of hydrogen-bond acceptors (Lipinski definition) is 5. The van der Waals surface area contributed by atoms with Crippen LogP contribution in [0.5, 0.6) is 0 Å². The van der Waals surface area contributed by atoms with Crippen LogP contribution in [0.25, 0.3) is 5.57 Å². The van der Waals surface area contributed by atoms with Crippen molar-refractivity contribution in [2.75, 3.05) is 11.9 Å². The lowest BCUT2D eigenvalue weighted by Gasteiger charge is -2.40. The number of nitrogens with one attached hydrogen (secondary N) is 1. The number of pyridine rings is 1. The Morgan fingerprint density at radius 1 is 1.29 bits per heavy atom. The van der Waals surface area contributed by atoms with Gasteiger partial charge in [0, 0.05) is 16.8 Å². The molecule has 3 heterocycles. The lowest BCUT2D eigenvalue weighted by atomic mass is 9.74. The number of hydrogen-bond donors (Lipinski definition) is 3. The first-order valence-electron chi connectivity index (χ1n) is 10.6. The van der Waals surface area contributed by atoms with E-state index in [4.69, 9.17) is 5.11 Å². The van der Waals surface area contributed by atoms with E-state index in [0.717, 1.165) is 41.5 Å². The number of halogens is 1. The molecule has 2 aliphatic heterocycles. The first-order chi connectivity index (χ1) is 14.7. The maximum absolute atomic E-state index is 14.7. The largest absolute Gasteiger partial charge is 0.388 e. The molecule has 1 unspecified atom stereocenters. The summed E-state index contributed by atoms with van der Waals surface area (Å²) < 4.78 is 16.4. The van der Waals surface area contributed by atoms with E-state index in [9.17, 15) is 19.1 Å². The van der Waals surface area contributed by atoms with E-state index in [1.807, 2.05) is 13.8 Å². The topological polar surface area (TPSA) is 91.6 Å². The molecule has 0 fully saturated rings. The monoisotopic (exact) mass is 424 g/mol. The van der Waals surface area contributed by atoms with Crippen LogP contribution in [0.2, 0.25) is 0 Å². The van der Waals surface area contributed by atoms with Crippen molar-refractivity contribution < 1.29 is 19.4 Å². The predicted molar refractivity (Wildman–Crippen MR) is 114 cm³/mol. The van der Waals surface area contributed by atoms with Crippen LogP contribution in [0, 0.1) is 19.7 Å². The maximum atomic E-state index is 14.7. The number of aliphatic hydroxyl groups excluding tert-OH is 2. The highest BCUT2D eigenvalue weighted by Gasteiger charge is 2.46. The molecule has 0 radical (unpaired) electrons. The average Bonchev–Trinajstić information content (AvgIpc) is 3.05. The Hall–Kier alpha value is -2.77. The summed E-state index contributed by atoms with van der Waals surface area (Å²) in [5, 5.41) is 23.1. The first kappa shape index (κ1) is 20.2. The minimum Gasteiger partial charge on any atom is -0.388 e. The van der Waals surface area contributed by atoms with Gasteiger partial charge in [0.05, 0.1) is 17.8 Å². The number of aliphatic hydroxyl groups is 2. The van der Waals surface area contributed by atoms with Crippen LogP contribution in [0.4, 0.5) is 10.1 Å². The number of benzene rings is 1. The fraction of sp³-hybridized carbons (Fsp3) is 0.417. The Morgan fingerprint density at radius 2 is 2.03 bits per heavy atom. The predicted octanol–water partition coefficient (Wildman–Crippen LogP) is 2.64. The van der Waals surface area contributed by atoms with Gasteiger partial charge in [-0.2, -0.15) is 0 Å². The highest BCUT2D eigenvalue weighted by Crippen LogP contribution is 2.53. The molecule has 31 heavy (non-hydrogen) atoms. The normalized spacial score (nSPS) is 21.9. The van der Waals surface area contributed by atoms with Gasteiger partial charge in [0.1, 0.15) is 18.5 Å². The van der Waals surface area contributed by atoms with Gasteiger partial charge in [-0.3, -0.25) is 9.59 Å². The summed E-state index contributed by atoms with van der Waals surface area (Å²) in [5.74, 6) is -1.01. The molecule has 0 saturated heterocycles. The molecule has 0 amide bonds. The van der Waals surface area contributed by atoms with E-state index in [1.165, 1.54) is 6.07 Å². The van der Waals surface area contributed by atoms with Crippen molar-refractivity contribution in [3.63, 3.8) is 0 Å². The Bertz CT molecular complexity index is 1260. The van der Waals surface area contributed by atoms with Crippen LogP contribution in [-0.4, -0.2) is 27.2 Å². The summed E-state index contributed by atoms with van der Waals surface area (Å²) in [7, 11) is 0. The SMILES string of the molecule is Cc1c(F)cc2c3c1CCCC3=C1Cn3c(cc(C(O)C(=O)CO)c(C)c3=O)[C@@]1(C)N2. The molecule has 6 nitrogen and oxygen atoms in total. The lowest BCUT2D eigenvalue weighted by Crippen LogP contribution is -2.37. The Kier molecular flexibility index (Phi) is 4.30. The first-order valence-corrected chi connectivity index (χ1v) is 10.6. The zero-order chi connectivity index (χ0) is 22.2. The molecule has 0 saturated carbocycles. The summed E-state index contributed by atoms with van der Waals surface area (Å²) >= 11 is 0. The zero-order valence-electron chi connectivity index (χ0n) is 17.8. The fourth-order valence-corrected chi connectivity index (χ4v) is 5.59. The summed E-state index contributed by atoms with van der Waals surface area (Å²) in [4.78, 5) is 25.1. The van der Waals surface area contributed by atoms with Crippen LogP contribution >= 0.6 is 0 Å². The third-order valence-corrected chi connectivity index (χ3v) is 7.33. The zero-order valence-corrected chi connectivity index (χ0v) is 17.8. The molecule has 162 valence electrons. The molecule has 5 rings (SSSR count). The molecule has 2 aromatic rings. The van der Waals surface area contributed by atoms with Gasteiger partial charge in [-0.15, -0.1) is 0 Å². The van der Waals surface area contributed by atoms with Gasteiger partial charge in [-0.05, 0) is 80.0 Å². The molecule has 1 aromatic heterocycles. The van der Waals surface area contributed by atoms with Crippen molar-refractivity contribution in [2.24, 2.45) is 0 Å². The van der Waals surface area contributed by atoms with Crippen LogP contribution in [-0.2, 0) is 23.3 Å². The van der Waals surface area contributed by atoms with Crippen molar-refractivity contribution in [3.8, 4) is 0 Å². The fourth-order valence-electron chi connectivity index (χ4n) is 5.59. The molecule has 2 atom stereocenters. The molecule has 1 aliphatic carbocycles. The second-order valence-corrected chi connectivity index (χ2v) is 8.97. The van der Waals surface area contributed by atoms with E-state index in [-0.39, 0.29) is 22.5 Å². The summed E-state index contributed by atoms with van der Waals surface area (Å²) in [6.07, 6.45) is 1.04. The van der Waals surface area contributed by atoms with Gasteiger partial charge in [-0.1, -0.05) is 0 Å². The van der Waals surface area contributed by atoms with Gasteiger partial charge in [0.25, 0.3) is 5.56 Å². The standard InChI is InChI=1S/C24H25FN2O4/c1-11-13-5-4-6-14-16-9-27-20(24(16,3)26-18(21(13)14)8-17(11)25)7-15(12(2)23(27)31)22(30)19(29)10-28/h7-8,22,26,28,30H,4-6,9-10H2,1-3H3/t22?,24-/m0/s1. The minimum atomic E-state index is -1.57. The highest BCUT2D eigenvalue weighted by molar-refractivity contribution is 5.89. The average molecular weight is 424 g/mol. The number of rotatable bonds is 3. The molecule has 1 aromatic carbocycles. The smallest absolute Gasteiger partial charge is 0.254 e. The van der Waals surface area contributed by atoms with E-state index >= 15 is 0 Å². The quantitative estimate of drug-likeness (QED) is 0.705. The number of ketones is 1. The number of fused-ring (bicyclic) bond motifs is 3. The van der Waals surface area contributed by atoms with Crippen molar-refractivity contribution in [2.45, 2.75) is 58.2 Å². The molecule has 3 aliphatic rings. The number of Topliss-reactive ketones (excluding diaryl/α,β-unsaturated/α-hetero) is 1. The summed E-state index contributed by atoms with van der Waals surface area (Å²) in [6, 6.07) is 3.20. The Balaban J connectivity index is 1.77. The van der Waals surface area contributed by atoms with E-state index in [2.05, 4.69) is 5.32 Å². The van der Waals surface area contributed by atoms with Gasteiger partial charge in [-0.25, -0.2) is 4.39 Å². The highest BCUT2D eigenvalue weighted by atomic mass is 19.1. The number of allylic oxidation sites excluding steroid dienone is 1. The van der Waals surface area contributed by atoms with Gasteiger partial charge in [0.15, 0.2) is 5.78 Å². The van der Waals surface area contributed by atoms with Crippen LogP contribution in [0.1, 0.15) is 59.4 Å². The number of carbonyl (C=O) groups is 1. The van der Waals surface area contributed by atoms with Crippen molar-refractivity contribution in [1.29, 1.82) is 0 Å². The van der Waals surface area contributed by atoms with Crippen molar-refractivity contribution in [3.05, 3.63) is 67.4 Å². The number of nitrogens with zero attached hydrogens (tertiary/aromatic N) is 1. The second-order valence-electron chi connectivity index (χ2n) is 8.97. The van der Waals surface area contributed by atoms with E-state index < -0.39 is 24.0 Å². The minimum absolute atomic E-state index is 0.204. The molecule has 0 bridgehead atoms. The third kappa shape index (κ3) is 2.56. The molecular weight excluding hydrogens is 399 g/mol. The van der Waals surface area contributed by atoms with Gasteiger partial charge < -0.3 is 20.1 Å². The van der Waals surface area contributed by atoms with Gasteiger partial charge >= 0.3 is 0 Å². The van der Waals surface area contributed by atoms with E-state index in [1.54, 1.807) is 17.6 Å². The van der Waals surface area contributed by atoms with Crippen LogP contribution in [0.15, 0.2) is 22.5 Å². The maximum Gasteiger partial charge on any atom is 0.254 e.